The number of hydrogen-bond acceptors (Lipinski definition) is 2. The van der Waals surface area contributed by atoms with Crippen LogP contribution in [0.5, 0.6) is 0 Å². The number of nitrogens with two attached hydrogens (primary N) is 1. The third-order valence-electron chi connectivity index (χ3n) is 0.794. The van der Waals surface area contributed by atoms with Crippen molar-refractivity contribution >= 4 is 5.69 Å². The largest absolute Gasteiger partial charge is 1.00 e. The fraction of sp³-hybridized carbons (Fsp3) is 0. The van der Waals surface area contributed by atoms with Crippen LogP contribution in [0.15, 0.2) is 17.1 Å². The lowest BCUT2D eigenvalue weighted by molar-refractivity contribution is -0.456. The average Bonchev–Trinajstić information content (AvgIpc) is 1.77. The molecule has 0 atom stereocenters. The zero-order valence-corrected chi connectivity index (χ0v) is 5.27. The summed E-state index contributed by atoms with van der Waals surface area (Å²) in [5.41, 5.74) is 5.10. The number of aromatic amines is 2. The Morgan fingerprint density at radius 3 is 2.67 bits per heavy atom. The SMILES string of the molecule is Nc1cc[nH+][nH]c1=O.[Cl-]. The van der Waals surface area contributed by atoms with Crippen LogP contribution in [0.4, 0.5) is 5.69 Å². The van der Waals surface area contributed by atoms with Crippen LogP contribution in [-0.4, -0.2) is 5.10 Å². The van der Waals surface area contributed by atoms with Crippen LogP contribution < -0.4 is 28.8 Å². The normalized spacial score (nSPS) is 8.00. The van der Waals surface area contributed by atoms with Crippen molar-refractivity contribution in [3.8, 4) is 0 Å². The minimum atomic E-state index is -0.285. The number of rotatable bonds is 0. The van der Waals surface area contributed by atoms with E-state index in [1.165, 1.54) is 6.07 Å². The molecule has 4 nitrogen and oxygen atoms in total. The van der Waals surface area contributed by atoms with E-state index in [4.69, 9.17) is 5.73 Å². The standard InChI is InChI=1S/C4H5N3O.ClH/c5-3-1-2-6-7-4(3)8;/h1-2H,(H2,5,6)(H,7,8);1H. The molecular formula is C4H6ClN3O. The van der Waals surface area contributed by atoms with Gasteiger partial charge in [0.15, 0.2) is 6.20 Å². The van der Waals surface area contributed by atoms with E-state index in [9.17, 15) is 4.79 Å². The Hall–Kier alpha value is -1.03. The summed E-state index contributed by atoms with van der Waals surface area (Å²) in [6.45, 7) is 0. The maximum Gasteiger partial charge on any atom is 0.320 e. The second-order valence-corrected chi connectivity index (χ2v) is 1.39. The van der Waals surface area contributed by atoms with E-state index in [1.807, 2.05) is 0 Å². The lowest BCUT2D eigenvalue weighted by Crippen LogP contribution is -3.00. The lowest BCUT2D eigenvalue weighted by Gasteiger charge is -1.79. The molecule has 0 saturated carbocycles. The van der Waals surface area contributed by atoms with Crippen LogP contribution in [0.25, 0.3) is 0 Å². The molecule has 0 aliphatic carbocycles. The van der Waals surface area contributed by atoms with E-state index in [2.05, 4.69) is 10.2 Å². The molecule has 0 fully saturated rings. The summed E-state index contributed by atoms with van der Waals surface area (Å²) in [6.07, 6.45) is 1.55. The van der Waals surface area contributed by atoms with Crippen molar-refractivity contribution in [1.29, 1.82) is 0 Å². The molecule has 0 aliphatic rings. The van der Waals surface area contributed by atoms with Crippen molar-refractivity contribution < 1.29 is 17.5 Å². The third-order valence-corrected chi connectivity index (χ3v) is 0.794. The summed E-state index contributed by atoms with van der Waals surface area (Å²) in [7, 11) is 0. The maximum atomic E-state index is 10.4. The molecule has 0 spiro atoms. The molecule has 1 heterocycles. The van der Waals surface area contributed by atoms with Crippen LogP contribution in [0.2, 0.25) is 0 Å². The molecule has 4 N–H and O–H groups in total. The topological polar surface area (TPSA) is 73.0 Å². The van der Waals surface area contributed by atoms with Gasteiger partial charge in [-0.1, -0.05) is 0 Å². The van der Waals surface area contributed by atoms with Gasteiger partial charge in [0.1, 0.15) is 5.69 Å². The van der Waals surface area contributed by atoms with Crippen LogP contribution >= 0.6 is 0 Å². The minimum absolute atomic E-state index is 0. The molecular weight excluding hydrogens is 142 g/mol. The highest BCUT2D eigenvalue weighted by atomic mass is 35.5. The van der Waals surface area contributed by atoms with Gasteiger partial charge in [-0.2, -0.15) is 0 Å². The Kier molecular flexibility index (Phi) is 2.73. The summed E-state index contributed by atoms with van der Waals surface area (Å²) in [5, 5.41) is 4.78. The molecule has 5 heteroatoms. The molecule has 1 rings (SSSR count). The molecule has 0 aliphatic heterocycles. The molecule has 0 bridgehead atoms. The van der Waals surface area contributed by atoms with Crippen molar-refractivity contribution in [3.05, 3.63) is 22.6 Å². The molecule has 0 radical (unpaired) electrons. The minimum Gasteiger partial charge on any atom is -1.00 e. The van der Waals surface area contributed by atoms with Gasteiger partial charge in [0.2, 0.25) is 0 Å². The molecule has 0 aromatic carbocycles. The summed E-state index contributed by atoms with van der Waals surface area (Å²) >= 11 is 0. The Balaban J connectivity index is 0.000000640. The van der Waals surface area contributed by atoms with Gasteiger partial charge < -0.3 is 18.1 Å². The van der Waals surface area contributed by atoms with Crippen LogP contribution in [0.1, 0.15) is 0 Å². The first kappa shape index (κ1) is 7.97. The predicted molar refractivity (Wildman–Crippen MR) is 28.0 cm³/mol. The van der Waals surface area contributed by atoms with Gasteiger partial charge in [-0.15, -0.1) is 10.2 Å². The Labute approximate surface area is 57.5 Å². The first-order chi connectivity index (χ1) is 3.80. The van der Waals surface area contributed by atoms with Gasteiger partial charge in [0, 0.05) is 6.07 Å². The number of halogens is 1. The van der Waals surface area contributed by atoms with Crippen LogP contribution in [0.3, 0.4) is 0 Å². The van der Waals surface area contributed by atoms with E-state index in [0.29, 0.717) is 0 Å². The van der Waals surface area contributed by atoms with Crippen molar-refractivity contribution in [2.24, 2.45) is 0 Å². The van der Waals surface area contributed by atoms with Gasteiger partial charge >= 0.3 is 5.56 Å². The average molecular weight is 148 g/mol. The summed E-state index contributed by atoms with van der Waals surface area (Å²) in [6, 6.07) is 1.50. The monoisotopic (exact) mass is 147 g/mol. The molecule has 9 heavy (non-hydrogen) atoms. The second kappa shape index (κ2) is 3.09. The smallest absolute Gasteiger partial charge is 0.320 e. The number of aromatic nitrogens is 2. The lowest BCUT2D eigenvalue weighted by atomic mass is 10.5. The van der Waals surface area contributed by atoms with Gasteiger partial charge in [-0.3, -0.25) is 4.79 Å². The Morgan fingerprint density at radius 2 is 2.33 bits per heavy atom. The van der Waals surface area contributed by atoms with Crippen molar-refractivity contribution in [1.82, 2.24) is 5.10 Å². The van der Waals surface area contributed by atoms with E-state index in [0.717, 1.165) is 0 Å². The number of hydrogen-bond donors (Lipinski definition) is 2. The molecule has 1 aromatic heterocycles. The Morgan fingerprint density at radius 1 is 1.67 bits per heavy atom. The number of H-pyrrole nitrogens is 2. The maximum absolute atomic E-state index is 10.4. The van der Waals surface area contributed by atoms with Gasteiger partial charge in [-0.25, -0.2) is 0 Å². The molecule has 1 aromatic rings. The van der Waals surface area contributed by atoms with Crippen LogP contribution in [-0.2, 0) is 0 Å². The van der Waals surface area contributed by atoms with Gasteiger partial charge in [-0.05, 0) is 0 Å². The molecule has 0 amide bonds. The van der Waals surface area contributed by atoms with Gasteiger partial charge in [0.05, 0.1) is 0 Å². The summed E-state index contributed by atoms with van der Waals surface area (Å²) in [4.78, 5) is 10.4. The van der Waals surface area contributed by atoms with Crippen molar-refractivity contribution in [2.75, 3.05) is 5.73 Å². The fourth-order valence-corrected chi connectivity index (χ4v) is 0.387. The first-order valence-corrected chi connectivity index (χ1v) is 2.15. The van der Waals surface area contributed by atoms with E-state index in [1.54, 1.807) is 6.20 Å². The number of anilines is 1. The summed E-state index contributed by atoms with van der Waals surface area (Å²) < 4.78 is 0. The van der Waals surface area contributed by atoms with E-state index < -0.39 is 0 Å². The highest BCUT2D eigenvalue weighted by Gasteiger charge is 1.89. The zero-order chi connectivity index (χ0) is 5.98. The van der Waals surface area contributed by atoms with Crippen molar-refractivity contribution in [2.45, 2.75) is 0 Å². The quantitative estimate of drug-likeness (QED) is 0.391. The first-order valence-electron chi connectivity index (χ1n) is 2.15. The van der Waals surface area contributed by atoms with E-state index >= 15 is 0 Å². The fourth-order valence-electron chi connectivity index (χ4n) is 0.387. The third kappa shape index (κ3) is 1.73. The number of nitrogen functional groups attached to an aromatic ring is 1. The Bertz CT molecular complexity index is 233. The van der Waals surface area contributed by atoms with Gasteiger partial charge in [0.25, 0.3) is 0 Å². The molecule has 0 saturated heterocycles. The van der Waals surface area contributed by atoms with E-state index in [-0.39, 0.29) is 23.7 Å². The summed E-state index contributed by atoms with van der Waals surface area (Å²) in [5.74, 6) is 0. The van der Waals surface area contributed by atoms with Crippen LogP contribution in [0, 0.1) is 0 Å². The second-order valence-electron chi connectivity index (χ2n) is 1.39. The van der Waals surface area contributed by atoms with Crippen molar-refractivity contribution in [3.63, 3.8) is 0 Å². The highest BCUT2D eigenvalue weighted by Crippen LogP contribution is 1.79. The zero-order valence-electron chi connectivity index (χ0n) is 4.52. The highest BCUT2D eigenvalue weighted by molar-refractivity contribution is 5.30. The molecule has 0 unspecified atom stereocenters. The molecule has 50 valence electrons. The number of nitrogens with one attached hydrogen (secondary N) is 2. The predicted octanol–water partition coefficient (Wildman–Crippen LogP) is -4.22.